The number of amides is 3. The van der Waals surface area contributed by atoms with Gasteiger partial charge in [0.2, 0.25) is 17.7 Å². The Kier molecular flexibility index (Phi) is 5.06. The minimum absolute atomic E-state index is 0.0899. The molecule has 180 valence electrons. The van der Waals surface area contributed by atoms with E-state index in [4.69, 9.17) is 4.74 Å². The van der Waals surface area contributed by atoms with Crippen LogP contribution >= 0.6 is 0 Å². The molecule has 7 heteroatoms. The van der Waals surface area contributed by atoms with E-state index >= 15 is 0 Å². The summed E-state index contributed by atoms with van der Waals surface area (Å²) in [6.07, 6.45) is 3.18. The van der Waals surface area contributed by atoms with Gasteiger partial charge in [0.15, 0.2) is 0 Å². The van der Waals surface area contributed by atoms with Crippen LogP contribution < -0.4 is 14.5 Å². The fourth-order valence-corrected chi connectivity index (χ4v) is 6.75. The summed E-state index contributed by atoms with van der Waals surface area (Å²) in [5.74, 6) is -0.628. The zero-order valence-electron chi connectivity index (χ0n) is 19.9. The molecule has 5 atom stereocenters. The number of fused-ring (bicyclic) bond motifs is 5. The minimum Gasteiger partial charge on any atom is -0.426 e. The first-order chi connectivity index (χ1) is 16.8. The van der Waals surface area contributed by atoms with Crippen molar-refractivity contribution in [1.82, 2.24) is 0 Å². The van der Waals surface area contributed by atoms with Crippen LogP contribution in [0.15, 0.2) is 42.5 Å². The summed E-state index contributed by atoms with van der Waals surface area (Å²) < 4.78 is 5.56. The first-order valence-electron chi connectivity index (χ1n) is 12.4. The van der Waals surface area contributed by atoms with E-state index in [2.05, 4.69) is 0 Å². The molecule has 0 spiro atoms. The highest BCUT2D eigenvalue weighted by molar-refractivity contribution is 6.22. The van der Waals surface area contributed by atoms with Gasteiger partial charge in [-0.3, -0.25) is 24.1 Å². The average Bonchev–Trinajstić information content (AvgIpc) is 3.57. The molecule has 0 unspecified atom stereocenters. The third-order valence-corrected chi connectivity index (χ3v) is 8.22. The predicted octanol–water partition coefficient (Wildman–Crippen LogP) is 3.80. The van der Waals surface area contributed by atoms with Crippen LogP contribution in [0.2, 0.25) is 0 Å². The molecular weight excluding hydrogens is 444 g/mol. The monoisotopic (exact) mass is 472 g/mol. The molecule has 35 heavy (non-hydrogen) atoms. The van der Waals surface area contributed by atoms with Crippen molar-refractivity contribution in [2.75, 3.05) is 16.3 Å². The van der Waals surface area contributed by atoms with Crippen LogP contribution in [0.3, 0.4) is 0 Å². The Morgan fingerprint density at radius 3 is 2.06 bits per heavy atom. The summed E-state index contributed by atoms with van der Waals surface area (Å²) in [5, 5.41) is 0. The smallest absolute Gasteiger partial charge is 0.316 e. The summed E-state index contributed by atoms with van der Waals surface area (Å²) in [4.78, 5) is 54.4. The van der Waals surface area contributed by atoms with Crippen molar-refractivity contribution in [3.63, 3.8) is 0 Å². The number of carbonyl (C=O) groups excluding carboxylic acids is 4. The van der Waals surface area contributed by atoms with Gasteiger partial charge in [-0.15, -0.1) is 0 Å². The van der Waals surface area contributed by atoms with Crippen molar-refractivity contribution >= 4 is 35.1 Å². The molecule has 2 aliphatic heterocycles. The van der Waals surface area contributed by atoms with Crippen LogP contribution in [0, 0.1) is 43.4 Å². The topological polar surface area (TPSA) is 84.0 Å². The third-order valence-electron chi connectivity index (χ3n) is 8.22. The Balaban J connectivity index is 1.13. The van der Waals surface area contributed by atoms with Crippen molar-refractivity contribution < 1.29 is 23.9 Å². The fourth-order valence-electron chi connectivity index (χ4n) is 6.75. The molecule has 2 aliphatic carbocycles. The highest BCUT2D eigenvalue weighted by Crippen LogP contribution is 2.56. The quantitative estimate of drug-likeness (QED) is 0.384. The van der Waals surface area contributed by atoms with Gasteiger partial charge in [0.1, 0.15) is 5.75 Å². The number of carbonyl (C=O) groups is 4. The number of benzene rings is 2. The zero-order valence-corrected chi connectivity index (χ0v) is 19.9. The van der Waals surface area contributed by atoms with E-state index in [9.17, 15) is 19.2 Å². The fraction of sp³-hybridized carbons (Fsp3) is 0.429. The van der Waals surface area contributed by atoms with Gasteiger partial charge in [-0.05, 0) is 92.5 Å². The van der Waals surface area contributed by atoms with Crippen molar-refractivity contribution in [2.24, 2.45) is 29.6 Å². The van der Waals surface area contributed by atoms with E-state index in [1.165, 1.54) is 4.90 Å². The number of ether oxygens (including phenoxy) is 1. The van der Waals surface area contributed by atoms with Gasteiger partial charge in [-0.25, -0.2) is 0 Å². The summed E-state index contributed by atoms with van der Waals surface area (Å²) in [6.45, 7) is 4.24. The molecule has 6 rings (SSSR count). The summed E-state index contributed by atoms with van der Waals surface area (Å²) >= 11 is 0. The first kappa shape index (κ1) is 22.0. The van der Waals surface area contributed by atoms with Gasteiger partial charge in [0, 0.05) is 18.7 Å². The standard InChI is InChI=1S/C28H28N2O5/c1-15-9-16(2)11-21(10-15)29-14-19(13-23(29)31)28(34)35-22-7-5-20(6-8-22)30-26(32)24-17-3-4-18(12-17)25(24)27(30)33/h5-11,17-19,24-25H,3-4,12-14H2,1-2H3/t17-,18+,19-,24-,25+/m0/s1. The SMILES string of the molecule is Cc1cc(C)cc(N2C[C@@H](C(=O)Oc3ccc(N4C(=O)[C@@H]5[C@@H]6CC[C@@H](C6)[C@@H]5C4=O)cc3)CC2=O)c1. The number of anilines is 2. The number of hydrogen-bond acceptors (Lipinski definition) is 5. The van der Waals surface area contributed by atoms with Crippen LogP contribution in [-0.2, 0) is 19.2 Å². The summed E-state index contributed by atoms with van der Waals surface area (Å²) in [7, 11) is 0. The van der Waals surface area contributed by atoms with E-state index in [1.807, 2.05) is 32.0 Å². The van der Waals surface area contributed by atoms with E-state index in [1.54, 1.807) is 29.2 Å². The van der Waals surface area contributed by atoms with Gasteiger partial charge in [0.05, 0.1) is 23.4 Å². The molecule has 2 saturated heterocycles. The van der Waals surface area contributed by atoms with Gasteiger partial charge in [-0.2, -0.15) is 0 Å². The molecule has 0 aromatic heterocycles. The second-order valence-corrected chi connectivity index (χ2v) is 10.6. The molecule has 3 amide bonds. The number of nitrogens with zero attached hydrogens (tertiary/aromatic N) is 2. The molecule has 2 saturated carbocycles. The van der Waals surface area contributed by atoms with Crippen LogP contribution in [0.4, 0.5) is 11.4 Å². The van der Waals surface area contributed by atoms with Gasteiger partial charge in [0.25, 0.3) is 0 Å². The lowest BCUT2D eigenvalue weighted by atomic mass is 9.81. The van der Waals surface area contributed by atoms with E-state index < -0.39 is 11.9 Å². The minimum atomic E-state index is -0.556. The molecule has 2 aromatic carbocycles. The molecule has 2 heterocycles. The average molecular weight is 473 g/mol. The molecule has 0 N–H and O–H groups in total. The predicted molar refractivity (Wildman–Crippen MR) is 129 cm³/mol. The number of rotatable bonds is 4. The second kappa shape index (κ2) is 8.04. The van der Waals surface area contributed by atoms with Crippen molar-refractivity contribution in [3.8, 4) is 5.75 Å². The van der Waals surface area contributed by atoms with Gasteiger partial charge >= 0.3 is 5.97 Å². The highest BCUT2D eigenvalue weighted by Gasteiger charge is 2.61. The Labute approximate surface area is 204 Å². The highest BCUT2D eigenvalue weighted by atomic mass is 16.5. The number of esters is 1. The number of aryl methyl sites for hydroxylation is 2. The lowest BCUT2D eigenvalue weighted by molar-refractivity contribution is -0.139. The van der Waals surface area contributed by atoms with E-state index in [0.29, 0.717) is 23.3 Å². The molecule has 4 aliphatic rings. The summed E-state index contributed by atoms with van der Waals surface area (Å²) in [5.41, 5.74) is 3.44. The van der Waals surface area contributed by atoms with Crippen LogP contribution in [0.5, 0.6) is 5.75 Å². The van der Waals surface area contributed by atoms with Gasteiger partial charge < -0.3 is 9.64 Å². The Bertz CT molecular complexity index is 1200. The van der Waals surface area contributed by atoms with Crippen molar-refractivity contribution in [1.29, 1.82) is 0 Å². The molecule has 2 aromatic rings. The number of hydrogen-bond donors (Lipinski definition) is 0. The first-order valence-corrected chi connectivity index (χ1v) is 12.4. The molecular formula is C28H28N2O5. The zero-order chi connectivity index (χ0) is 24.4. The van der Waals surface area contributed by atoms with Crippen LogP contribution in [0.25, 0.3) is 0 Å². The van der Waals surface area contributed by atoms with Crippen LogP contribution in [0.1, 0.15) is 36.8 Å². The van der Waals surface area contributed by atoms with Gasteiger partial charge in [-0.1, -0.05) is 6.07 Å². The maximum absolute atomic E-state index is 13.0. The summed E-state index contributed by atoms with van der Waals surface area (Å²) in [6, 6.07) is 12.4. The largest absolute Gasteiger partial charge is 0.426 e. The second-order valence-electron chi connectivity index (χ2n) is 10.6. The molecule has 4 fully saturated rings. The van der Waals surface area contributed by atoms with Crippen molar-refractivity contribution in [2.45, 2.75) is 39.5 Å². The number of imide groups is 1. The van der Waals surface area contributed by atoms with E-state index in [0.717, 1.165) is 36.1 Å². The maximum atomic E-state index is 13.0. The molecule has 0 radical (unpaired) electrons. The molecule has 2 bridgehead atoms. The van der Waals surface area contributed by atoms with Crippen molar-refractivity contribution in [3.05, 3.63) is 53.6 Å². The maximum Gasteiger partial charge on any atom is 0.316 e. The lowest BCUT2D eigenvalue weighted by Crippen LogP contribution is -2.32. The Morgan fingerprint density at radius 1 is 0.857 bits per heavy atom. The Hall–Kier alpha value is -3.48. The Morgan fingerprint density at radius 2 is 1.46 bits per heavy atom. The molecule has 7 nitrogen and oxygen atoms in total. The van der Waals surface area contributed by atoms with E-state index in [-0.39, 0.29) is 42.5 Å². The third kappa shape index (κ3) is 3.56. The normalized spacial score (nSPS) is 29.3. The van der Waals surface area contributed by atoms with Crippen LogP contribution in [-0.4, -0.2) is 30.2 Å². The lowest BCUT2D eigenvalue weighted by Gasteiger charge is -2.19.